The van der Waals surface area contributed by atoms with Gasteiger partial charge in [0.1, 0.15) is 11.0 Å². The van der Waals surface area contributed by atoms with Crippen LogP contribution < -0.4 is 5.32 Å². The molecule has 2 aromatic carbocycles. The molecule has 0 atom stereocenters. The lowest BCUT2D eigenvalue weighted by Gasteiger charge is -2.31. The normalized spacial score (nSPS) is 15.7. The van der Waals surface area contributed by atoms with Gasteiger partial charge in [0, 0.05) is 25.0 Å². The number of halogens is 2. The quantitative estimate of drug-likeness (QED) is 0.541. The fourth-order valence-corrected chi connectivity index (χ4v) is 5.30. The topological polar surface area (TPSA) is 75.2 Å². The summed E-state index contributed by atoms with van der Waals surface area (Å²) in [6, 6.07) is 14.6. The zero-order valence-corrected chi connectivity index (χ0v) is 18.3. The molecule has 1 N–H and O–H groups in total. The molecular weight excluding hydrogens is 439 g/mol. The summed E-state index contributed by atoms with van der Waals surface area (Å²) in [6.07, 6.45) is 3.93. The van der Waals surface area contributed by atoms with Crippen molar-refractivity contribution < 1.29 is 12.8 Å². The van der Waals surface area contributed by atoms with Gasteiger partial charge in [-0.2, -0.15) is 4.31 Å². The molecule has 0 spiro atoms. The van der Waals surface area contributed by atoms with Crippen LogP contribution >= 0.6 is 11.6 Å². The summed E-state index contributed by atoms with van der Waals surface area (Å²) in [5.41, 5.74) is 1.74. The number of rotatable bonds is 6. The predicted molar refractivity (Wildman–Crippen MR) is 118 cm³/mol. The standard InChI is InChI=1S/C22H22ClFN4O2S/c23-21-9-12-25-22(27-21)26-19-5-7-20(8-6-19)31(29,30)28-13-10-17(11-14-28)15-16-1-3-18(24)4-2-16/h1-9,12,17H,10-11,13-15H2,(H,25,26,27). The molecule has 0 unspecified atom stereocenters. The van der Waals surface area contributed by atoms with Crippen LogP contribution in [0, 0.1) is 11.7 Å². The molecule has 0 bridgehead atoms. The van der Waals surface area contributed by atoms with Crippen LogP contribution in [0.2, 0.25) is 5.15 Å². The molecule has 1 saturated heterocycles. The van der Waals surface area contributed by atoms with Crippen molar-refractivity contribution >= 4 is 33.3 Å². The van der Waals surface area contributed by atoms with Gasteiger partial charge >= 0.3 is 0 Å². The SMILES string of the molecule is O=S(=O)(c1ccc(Nc2nccc(Cl)n2)cc1)N1CCC(Cc2ccc(F)cc2)CC1. The van der Waals surface area contributed by atoms with Gasteiger partial charge in [0.15, 0.2) is 0 Å². The average molecular weight is 461 g/mol. The van der Waals surface area contributed by atoms with Gasteiger partial charge in [-0.3, -0.25) is 0 Å². The van der Waals surface area contributed by atoms with E-state index in [1.165, 1.54) is 22.6 Å². The van der Waals surface area contributed by atoms with Gasteiger partial charge in [0.05, 0.1) is 4.90 Å². The monoisotopic (exact) mass is 460 g/mol. The summed E-state index contributed by atoms with van der Waals surface area (Å²) < 4.78 is 40.7. The van der Waals surface area contributed by atoms with Gasteiger partial charge in [-0.15, -0.1) is 0 Å². The Labute approximate surface area is 186 Å². The van der Waals surface area contributed by atoms with Crippen LogP contribution in [0.4, 0.5) is 16.0 Å². The minimum atomic E-state index is -3.56. The molecule has 0 amide bonds. The fraction of sp³-hybridized carbons (Fsp3) is 0.273. The number of benzene rings is 2. The van der Waals surface area contributed by atoms with E-state index in [-0.39, 0.29) is 10.7 Å². The van der Waals surface area contributed by atoms with Gasteiger partial charge in [-0.25, -0.2) is 22.8 Å². The van der Waals surface area contributed by atoms with Crippen molar-refractivity contribution in [1.82, 2.24) is 14.3 Å². The van der Waals surface area contributed by atoms with Gasteiger partial charge in [-0.05, 0) is 73.2 Å². The van der Waals surface area contributed by atoms with Crippen LogP contribution in [0.5, 0.6) is 0 Å². The number of sulfonamides is 1. The molecule has 3 aromatic rings. The maximum Gasteiger partial charge on any atom is 0.243 e. The molecule has 1 fully saturated rings. The van der Waals surface area contributed by atoms with Gasteiger partial charge < -0.3 is 5.32 Å². The Hall–Kier alpha value is -2.55. The zero-order chi connectivity index (χ0) is 21.8. The summed E-state index contributed by atoms with van der Waals surface area (Å²) in [5.74, 6) is 0.485. The lowest BCUT2D eigenvalue weighted by Crippen LogP contribution is -2.38. The zero-order valence-electron chi connectivity index (χ0n) is 16.7. The van der Waals surface area contributed by atoms with Crippen molar-refractivity contribution in [3.63, 3.8) is 0 Å². The molecular formula is C22H22ClFN4O2S. The summed E-state index contributed by atoms with van der Waals surface area (Å²) in [7, 11) is -3.56. The van der Waals surface area contributed by atoms with Crippen LogP contribution in [-0.2, 0) is 16.4 Å². The minimum Gasteiger partial charge on any atom is -0.324 e. The van der Waals surface area contributed by atoms with E-state index < -0.39 is 10.0 Å². The van der Waals surface area contributed by atoms with Crippen LogP contribution in [0.3, 0.4) is 0 Å². The van der Waals surface area contributed by atoms with Crippen LogP contribution in [-0.4, -0.2) is 35.8 Å². The van der Waals surface area contributed by atoms with E-state index in [2.05, 4.69) is 15.3 Å². The first kappa shape index (κ1) is 21.7. The third-order valence-electron chi connectivity index (χ3n) is 5.38. The second-order valence-corrected chi connectivity index (χ2v) is 9.86. The highest BCUT2D eigenvalue weighted by molar-refractivity contribution is 7.89. The van der Waals surface area contributed by atoms with Crippen molar-refractivity contribution in [2.24, 2.45) is 5.92 Å². The fourth-order valence-electron chi connectivity index (χ4n) is 3.69. The van der Waals surface area contributed by atoms with E-state index in [1.807, 2.05) is 0 Å². The Balaban J connectivity index is 1.36. The Morgan fingerprint density at radius 1 is 1.03 bits per heavy atom. The summed E-state index contributed by atoms with van der Waals surface area (Å²) >= 11 is 5.85. The highest BCUT2D eigenvalue weighted by atomic mass is 35.5. The maximum atomic E-state index is 13.1. The molecule has 1 aromatic heterocycles. The van der Waals surface area contributed by atoms with Crippen molar-refractivity contribution in [1.29, 1.82) is 0 Å². The molecule has 162 valence electrons. The third-order valence-corrected chi connectivity index (χ3v) is 7.50. The molecule has 4 rings (SSSR count). The molecule has 6 nitrogen and oxygen atoms in total. The molecule has 0 saturated carbocycles. The summed E-state index contributed by atoms with van der Waals surface area (Å²) in [4.78, 5) is 8.37. The van der Waals surface area contributed by atoms with Crippen LogP contribution in [0.15, 0.2) is 65.7 Å². The van der Waals surface area contributed by atoms with Crippen molar-refractivity contribution in [3.8, 4) is 0 Å². The van der Waals surface area contributed by atoms with E-state index >= 15 is 0 Å². The molecule has 2 heterocycles. The lowest BCUT2D eigenvalue weighted by molar-refractivity contribution is 0.273. The van der Waals surface area contributed by atoms with Crippen molar-refractivity contribution in [2.45, 2.75) is 24.2 Å². The maximum absolute atomic E-state index is 13.1. The first-order valence-corrected chi connectivity index (χ1v) is 11.8. The second-order valence-electron chi connectivity index (χ2n) is 7.53. The molecule has 9 heteroatoms. The molecule has 0 radical (unpaired) electrons. The summed E-state index contributed by atoms with van der Waals surface area (Å²) in [5, 5.41) is 3.32. The predicted octanol–water partition coefficient (Wildman–Crippen LogP) is 4.66. The molecule has 1 aliphatic rings. The smallest absolute Gasteiger partial charge is 0.243 e. The van der Waals surface area contributed by atoms with Crippen LogP contribution in [0.1, 0.15) is 18.4 Å². The first-order chi connectivity index (χ1) is 14.9. The number of piperidine rings is 1. The number of nitrogens with one attached hydrogen (secondary N) is 1. The van der Waals surface area contributed by atoms with Gasteiger partial charge in [0.2, 0.25) is 16.0 Å². The largest absolute Gasteiger partial charge is 0.324 e. The number of anilines is 2. The first-order valence-electron chi connectivity index (χ1n) is 10.0. The van der Waals surface area contributed by atoms with E-state index in [0.717, 1.165) is 24.8 Å². The number of hydrogen-bond donors (Lipinski definition) is 1. The number of nitrogens with zero attached hydrogens (tertiary/aromatic N) is 3. The number of hydrogen-bond acceptors (Lipinski definition) is 5. The lowest BCUT2D eigenvalue weighted by atomic mass is 9.91. The van der Waals surface area contributed by atoms with E-state index in [4.69, 9.17) is 11.6 Å². The van der Waals surface area contributed by atoms with Crippen LogP contribution in [0.25, 0.3) is 0 Å². The van der Waals surface area contributed by atoms with E-state index in [0.29, 0.717) is 35.8 Å². The van der Waals surface area contributed by atoms with Gasteiger partial charge in [-0.1, -0.05) is 23.7 Å². The Bertz CT molecular complexity index is 1130. The summed E-state index contributed by atoms with van der Waals surface area (Å²) in [6.45, 7) is 0.953. The van der Waals surface area contributed by atoms with E-state index in [9.17, 15) is 12.8 Å². The Kier molecular flexibility index (Phi) is 6.50. The molecule has 0 aliphatic carbocycles. The second kappa shape index (κ2) is 9.30. The molecule has 31 heavy (non-hydrogen) atoms. The van der Waals surface area contributed by atoms with Crippen molar-refractivity contribution in [2.75, 3.05) is 18.4 Å². The van der Waals surface area contributed by atoms with Crippen molar-refractivity contribution in [3.05, 3.63) is 77.3 Å². The average Bonchev–Trinajstić information content (AvgIpc) is 2.76. The number of aromatic nitrogens is 2. The highest BCUT2D eigenvalue weighted by Crippen LogP contribution is 2.27. The van der Waals surface area contributed by atoms with Gasteiger partial charge in [0.25, 0.3) is 0 Å². The third kappa shape index (κ3) is 5.39. The Morgan fingerprint density at radius 3 is 2.35 bits per heavy atom. The minimum absolute atomic E-state index is 0.244. The molecule has 1 aliphatic heterocycles. The highest BCUT2D eigenvalue weighted by Gasteiger charge is 2.29. The van der Waals surface area contributed by atoms with E-state index in [1.54, 1.807) is 42.5 Å². The Morgan fingerprint density at radius 2 is 1.71 bits per heavy atom.